The highest BCUT2D eigenvalue weighted by molar-refractivity contribution is 5.27. The minimum atomic E-state index is -0.497. The Kier molecular flexibility index (Phi) is 3.49. The standard InChI is InChI=1S/C12H15FN4/c1-2-5-17-8-9(6-16-17)12(14)10-3-4-15-7-11(10)13/h3-4,6-8,12H,2,5,14H2,1H3. The molecule has 0 amide bonds. The van der Waals surface area contributed by atoms with Gasteiger partial charge in [-0.3, -0.25) is 9.67 Å². The molecule has 0 aliphatic heterocycles. The lowest BCUT2D eigenvalue weighted by atomic mass is 10.0. The Labute approximate surface area is 99.3 Å². The molecule has 2 aromatic rings. The molecule has 1 unspecified atom stereocenters. The molecule has 0 aliphatic carbocycles. The molecule has 90 valence electrons. The summed E-state index contributed by atoms with van der Waals surface area (Å²) in [5.41, 5.74) is 7.26. The van der Waals surface area contributed by atoms with Gasteiger partial charge in [0.2, 0.25) is 0 Å². The Morgan fingerprint density at radius 2 is 2.29 bits per heavy atom. The van der Waals surface area contributed by atoms with Gasteiger partial charge in [0.15, 0.2) is 0 Å². The van der Waals surface area contributed by atoms with E-state index in [0.717, 1.165) is 18.5 Å². The molecule has 0 aromatic carbocycles. The molecule has 5 heteroatoms. The van der Waals surface area contributed by atoms with E-state index in [4.69, 9.17) is 5.73 Å². The number of nitrogens with two attached hydrogens (primary N) is 1. The Balaban J connectivity index is 2.24. The van der Waals surface area contributed by atoms with Crippen LogP contribution in [0.4, 0.5) is 4.39 Å². The van der Waals surface area contributed by atoms with Crippen LogP contribution >= 0.6 is 0 Å². The lowest BCUT2D eigenvalue weighted by Crippen LogP contribution is -2.13. The number of nitrogens with zero attached hydrogens (tertiary/aromatic N) is 3. The summed E-state index contributed by atoms with van der Waals surface area (Å²) in [6.45, 7) is 2.91. The first-order valence-corrected chi connectivity index (χ1v) is 5.59. The van der Waals surface area contributed by atoms with Crippen molar-refractivity contribution in [2.24, 2.45) is 5.73 Å². The molecule has 0 saturated heterocycles. The van der Waals surface area contributed by atoms with Crippen molar-refractivity contribution in [3.63, 3.8) is 0 Å². The molecule has 17 heavy (non-hydrogen) atoms. The predicted molar refractivity (Wildman–Crippen MR) is 62.7 cm³/mol. The van der Waals surface area contributed by atoms with E-state index in [2.05, 4.69) is 17.0 Å². The van der Waals surface area contributed by atoms with Gasteiger partial charge in [-0.15, -0.1) is 0 Å². The maximum atomic E-state index is 13.5. The SMILES string of the molecule is CCCn1cc(C(N)c2ccncc2F)cn1. The average Bonchev–Trinajstić information content (AvgIpc) is 2.78. The molecule has 0 bridgehead atoms. The number of aromatic nitrogens is 3. The summed E-state index contributed by atoms with van der Waals surface area (Å²) in [6.07, 6.45) is 7.24. The van der Waals surface area contributed by atoms with Crippen LogP contribution in [0, 0.1) is 5.82 Å². The summed E-state index contributed by atoms with van der Waals surface area (Å²) in [5, 5.41) is 4.18. The van der Waals surface area contributed by atoms with Gasteiger partial charge in [-0.05, 0) is 12.5 Å². The second-order valence-corrected chi connectivity index (χ2v) is 3.91. The topological polar surface area (TPSA) is 56.7 Å². The van der Waals surface area contributed by atoms with Crippen LogP contribution in [0.3, 0.4) is 0 Å². The average molecular weight is 234 g/mol. The summed E-state index contributed by atoms with van der Waals surface area (Å²) >= 11 is 0. The number of aryl methyl sites for hydroxylation is 1. The van der Waals surface area contributed by atoms with Crippen LogP contribution in [0.15, 0.2) is 30.9 Å². The van der Waals surface area contributed by atoms with Crippen molar-refractivity contribution in [3.8, 4) is 0 Å². The van der Waals surface area contributed by atoms with Crippen molar-refractivity contribution in [1.82, 2.24) is 14.8 Å². The van der Waals surface area contributed by atoms with Crippen LogP contribution in [-0.2, 0) is 6.54 Å². The van der Waals surface area contributed by atoms with Gasteiger partial charge in [0.05, 0.1) is 18.4 Å². The molecule has 0 aliphatic rings. The van der Waals surface area contributed by atoms with Crippen LogP contribution in [0.25, 0.3) is 0 Å². The molecule has 2 rings (SSSR count). The third-order valence-electron chi connectivity index (χ3n) is 2.60. The summed E-state index contributed by atoms with van der Waals surface area (Å²) < 4.78 is 15.3. The number of hydrogen-bond donors (Lipinski definition) is 1. The van der Waals surface area contributed by atoms with Crippen LogP contribution in [0.5, 0.6) is 0 Å². The molecule has 0 fully saturated rings. The smallest absolute Gasteiger partial charge is 0.146 e. The van der Waals surface area contributed by atoms with Gasteiger partial charge >= 0.3 is 0 Å². The first-order chi connectivity index (χ1) is 8.22. The largest absolute Gasteiger partial charge is 0.320 e. The minimum Gasteiger partial charge on any atom is -0.320 e. The Bertz CT molecular complexity index is 495. The van der Waals surface area contributed by atoms with Crippen molar-refractivity contribution in [2.75, 3.05) is 0 Å². The fraction of sp³-hybridized carbons (Fsp3) is 0.333. The number of rotatable bonds is 4. The van der Waals surface area contributed by atoms with Gasteiger partial charge in [0.1, 0.15) is 5.82 Å². The summed E-state index contributed by atoms with van der Waals surface area (Å²) in [5.74, 6) is -0.386. The van der Waals surface area contributed by atoms with Crippen molar-refractivity contribution >= 4 is 0 Å². The Morgan fingerprint density at radius 3 is 3.00 bits per heavy atom. The highest BCUT2D eigenvalue weighted by Gasteiger charge is 2.14. The molecule has 2 aromatic heterocycles. The summed E-state index contributed by atoms with van der Waals surface area (Å²) in [4.78, 5) is 3.70. The quantitative estimate of drug-likeness (QED) is 0.878. The molecule has 2 N–H and O–H groups in total. The molecule has 0 saturated carbocycles. The van der Waals surface area contributed by atoms with Crippen molar-refractivity contribution in [3.05, 3.63) is 47.8 Å². The molecule has 2 heterocycles. The van der Waals surface area contributed by atoms with Gasteiger partial charge in [0.25, 0.3) is 0 Å². The summed E-state index contributed by atoms with van der Waals surface area (Å²) in [6, 6.07) is 1.10. The van der Waals surface area contributed by atoms with Gasteiger partial charge in [-0.1, -0.05) is 6.92 Å². The molecule has 0 radical (unpaired) electrons. The van der Waals surface area contributed by atoms with Gasteiger partial charge in [0, 0.05) is 30.1 Å². The first kappa shape index (κ1) is 11.7. The maximum absolute atomic E-state index is 13.5. The summed E-state index contributed by atoms with van der Waals surface area (Å²) in [7, 11) is 0. The van der Waals surface area contributed by atoms with Crippen molar-refractivity contribution < 1.29 is 4.39 Å². The van der Waals surface area contributed by atoms with Crippen LogP contribution in [0.2, 0.25) is 0 Å². The molecule has 0 spiro atoms. The molecule has 4 nitrogen and oxygen atoms in total. The fourth-order valence-corrected chi connectivity index (χ4v) is 1.71. The third kappa shape index (κ3) is 2.50. The Hall–Kier alpha value is -1.75. The van der Waals surface area contributed by atoms with Crippen LogP contribution in [-0.4, -0.2) is 14.8 Å². The number of pyridine rings is 1. The second kappa shape index (κ2) is 5.05. The highest BCUT2D eigenvalue weighted by atomic mass is 19.1. The lowest BCUT2D eigenvalue weighted by Gasteiger charge is -2.10. The van der Waals surface area contributed by atoms with E-state index >= 15 is 0 Å². The monoisotopic (exact) mass is 234 g/mol. The van der Waals surface area contributed by atoms with E-state index in [1.165, 1.54) is 12.4 Å². The van der Waals surface area contributed by atoms with E-state index < -0.39 is 6.04 Å². The fourth-order valence-electron chi connectivity index (χ4n) is 1.71. The zero-order valence-electron chi connectivity index (χ0n) is 9.68. The molecular weight excluding hydrogens is 219 g/mol. The van der Waals surface area contributed by atoms with E-state index in [9.17, 15) is 4.39 Å². The lowest BCUT2D eigenvalue weighted by molar-refractivity contribution is 0.590. The normalized spacial score (nSPS) is 12.6. The second-order valence-electron chi connectivity index (χ2n) is 3.91. The van der Waals surface area contributed by atoms with Crippen LogP contribution < -0.4 is 5.73 Å². The zero-order chi connectivity index (χ0) is 12.3. The first-order valence-electron chi connectivity index (χ1n) is 5.59. The van der Waals surface area contributed by atoms with Gasteiger partial charge in [-0.25, -0.2) is 4.39 Å². The van der Waals surface area contributed by atoms with E-state index in [1.807, 2.05) is 10.9 Å². The van der Waals surface area contributed by atoms with Gasteiger partial charge in [-0.2, -0.15) is 5.10 Å². The van der Waals surface area contributed by atoms with Crippen molar-refractivity contribution in [1.29, 1.82) is 0 Å². The predicted octanol–water partition coefficient (Wildman–Crippen LogP) is 1.88. The number of hydrogen-bond acceptors (Lipinski definition) is 3. The minimum absolute atomic E-state index is 0.386. The van der Waals surface area contributed by atoms with Gasteiger partial charge < -0.3 is 5.73 Å². The maximum Gasteiger partial charge on any atom is 0.146 e. The Morgan fingerprint density at radius 1 is 1.47 bits per heavy atom. The molecule has 1 atom stereocenters. The van der Waals surface area contributed by atoms with E-state index in [-0.39, 0.29) is 5.82 Å². The third-order valence-corrected chi connectivity index (χ3v) is 2.60. The number of halogens is 1. The zero-order valence-corrected chi connectivity index (χ0v) is 9.68. The molecular formula is C12H15FN4. The van der Waals surface area contributed by atoms with Crippen molar-refractivity contribution in [2.45, 2.75) is 25.9 Å². The van der Waals surface area contributed by atoms with E-state index in [1.54, 1.807) is 12.3 Å². The van der Waals surface area contributed by atoms with E-state index in [0.29, 0.717) is 5.56 Å². The highest BCUT2D eigenvalue weighted by Crippen LogP contribution is 2.20. The van der Waals surface area contributed by atoms with Crippen LogP contribution in [0.1, 0.15) is 30.5 Å².